The molecule has 108 valence electrons. The second-order valence-electron chi connectivity index (χ2n) is 4.67. The number of carbonyl (C=O) groups is 1. The lowest BCUT2D eigenvalue weighted by Gasteiger charge is -2.04. The lowest BCUT2D eigenvalue weighted by atomic mass is 10.3. The van der Waals surface area contributed by atoms with Crippen molar-refractivity contribution in [1.29, 1.82) is 0 Å². The second-order valence-corrected chi connectivity index (χ2v) is 5.62. The number of carbonyl (C=O) groups excluding carboxylic acids is 1. The number of hydrogen-bond donors (Lipinski definition) is 2. The van der Waals surface area contributed by atoms with Crippen LogP contribution in [0.4, 0.5) is 0 Å². The van der Waals surface area contributed by atoms with Crippen molar-refractivity contribution in [2.45, 2.75) is 13.0 Å². The Balaban J connectivity index is 1.49. The number of rotatable bonds is 6. The molecule has 0 saturated heterocycles. The fourth-order valence-electron chi connectivity index (χ4n) is 2.07. The molecular formula is C15H16N4OS. The van der Waals surface area contributed by atoms with Crippen LogP contribution >= 0.6 is 11.3 Å². The van der Waals surface area contributed by atoms with Gasteiger partial charge in [-0.15, -0.1) is 11.3 Å². The Labute approximate surface area is 126 Å². The first kappa shape index (κ1) is 13.6. The summed E-state index contributed by atoms with van der Waals surface area (Å²) in [5, 5.41) is 11.8. The molecule has 0 unspecified atom stereocenters. The van der Waals surface area contributed by atoms with Crippen LogP contribution in [0.2, 0.25) is 0 Å². The molecule has 0 aliphatic carbocycles. The monoisotopic (exact) mass is 300 g/mol. The van der Waals surface area contributed by atoms with Crippen molar-refractivity contribution in [2.75, 3.05) is 6.54 Å². The van der Waals surface area contributed by atoms with Crippen molar-refractivity contribution >= 4 is 17.2 Å². The first-order chi connectivity index (χ1) is 10.3. The molecule has 0 saturated carbocycles. The van der Waals surface area contributed by atoms with Crippen LogP contribution in [0.5, 0.6) is 0 Å². The molecule has 0 spiro atoms. The number of aromatic amines is 1. The van der Waals surface area contributed by atoms with E-state index in [2.05, 4.69) is 20.1 Å². The average molecular weight is 300 g/mol. The van der Waals surface area contributed by atoms with Gasteiger partial charge in [0.1, 0.15) is 0 Å². The predicted octanol–water partition coefficient (Wildman–Crippen LogP) is 2.76. The quantitative estimate of drug-likeness (QED) is 0.688. The third-order valence-electron chi connectivity index (χ3n) is 3.14. The minimum atomic E-state index is -0.137. The van der Waals surface area contributed by atoms with E-state index in [0.29, 0.717) is 12.2 Å². The zero-order chi connectivity index (χ0) is 14.5. The summed E-state index contributed by atoms with van der Waals surface area (Å²) >= 11 is 1.62. The molecule has 1 amide bonds. The van der Waals surface area contributed by atoms with Gasteiger partial charge in [0.25, 0.3) is 5.91 Å². The smallest absolute Gasteiger partial charge is 0.271 e. The van der Waals surface area contributed by atoms with Gasteiger partial charge in [-0.3, -0.25) is 9.89 Å². The number of amides is 1. The standard InChI is InChI=1S/C15H16N4OS/c20-15(16-6-4-9-19-7-1-2-8-19)13-11-12(17-18-13)14-5-3-10-21-14/h1-3,5,7-8,10-11H,4,6,9H2,(H,16,20)(H,17,18). The Morgan fingerprint density at radius 1 is 1.33 bits per heavy atom. The zero-order valence-electron chi connectivity index (χ0n) is 11.5. The normalized spacial score (nSPS) is 10.7. The van der Waals surface area contributed by atoms with Crippen LogP contribution < -0.4 is 5.32 Å². The number of H-pyrrole nitrogens is 1. The van der Waals surface area contributed by atoms with Gasteiger partial charge in [-0.25, -0.2) is 0 Å². The maximum Gasteiger partial charge on any atom is 0.271 e. The first-order valence-corrected chi connectivity index (χ1v) is 7.69. The van der Waals surface area contributed by atoms with E-state index < -0.39 is 0 Å². The van der Waals surface area contributed by atoms with Crippen LogP contribution in [-0.2, 0) is 6.54 Å². The molecule has 0 aliphatic rings. The fourth-order valence-corrected chi connectivity index (χ4v) is 2.76. The van der Waals surface area contributed by atoms with Crippen LogP contribution in [0, 0.1) is 0 Å². The fraction of sp³-hybridized carbons (Fsp3) is 0.200. The van der Waals surface area contributed by atoms with E-state index in [1.165, 1.54) is 0 Å². The van der Waals surface area contributed by atoms with E-state index in [9.17, 15) is 4.79 Å². The van der Waals surface area contributed by atoms with Crippen molar-refractivity contribution < 1.29 is 4.79 Å². The van der Waals surface area contributed by atoms with Gasteiger partial charge in [-0.2, -0.15) is 5.10 Å². The highest BCUT2D eigenvalue weighted by atomic mass is 32.1. The average Bonchev–Trinajstić information content (AvgIpc) is 3.25. The maximum atomic E-state index is 12.0. The Bertz CT molecular complexity index is 685. The lowest BCUT2D eigenvalue weighted by molar-refractivity contribution is 0.0947. The molecule has 0 atom stereocenters. The molecule has 6 heteroatoms. The molecular weight excluding hydrogens is 284 g/mol. The molecule has 0 fully saturated rings. The van der Waals surface area contributed by atoms with Crippen molar-refractivity contribution in [3.05, 3.63) is 53.8 Å². The number of thiophene rings is 1. The van der Waals surface area contributed by atoms with Crippen LogP contribution in [0.1, 0.15) is 16.9 Å². The highest BCUT2D eigenvalue weighted by Gasteiger charge is 2.11. The minimum absolute atomic E-state index is 0.137. The van der Waals surface area contributed by atoms with E-state index in [-0.39, 0.29) is 5.91 Å². The van der Waals surface area contributed by atoms with Crippen molar-refractivity contribution in [2.24, 2.45) is 0 Å². The van der Waals surface area contributed by atoms with E-state index in [0.717, 1.165) is 23.5 Å². The lowest BCUT2D eigenvalue weighted by Crippen LogP contribution is -2.25. The van der Waals surface area contributed by atoms with Crippen molar-refractivity contribution in [3.63, 3.8) is 0 Å². The summed E-state index contributed by atoms with van der Waals surface area (Å²) < 4.78 is 2.09. The Hall–Kier alpha value is -2.34. The van der Waals surface area contributed by atoms with E-state index >= 15 is 0 Å². The van der Waals surface area contributed by atoms with Gasteiger partial charge < -0.3 is 9.88 Å². The summed E-state index contributed by atoms with van der Waals surface area (Å²) in [6, 6.07) is 9.74. The molecule has 3 aromatic heterocycles. The van der Waals surface area contributed by atoms with Gasteiger partial charge in [-0.1, -0.05) is 6.07 Å². The van der Waals surface area contributed by atoms with Gasteiger partial charge in [0.2, 0.25) is 0 Å². The summed E-state index contributed by atoms with van der Waals surface area (Å²) in [5.74, 6) is -0.137. The maximum absolute atomic E-state index is 12.0. The second kappa shape index (κ2) is 6.41. The third-order valence-corrected chi connectivity index (χ3v) is 4.05. The number of aromatic nitrogens is 3. The van der Waals surface area contributed by atoms with Gasteiger partial charge in [0.05, 0.1) is 10.6 Å². The molecule has 0 bridgehead atoms. The highest BCUT2D eigenvalue weighted by molar-refractivity contribution is 7.13. The van der Waals surface area contributed by atoms with Gasteiger partial charge in [-0.05, 0) is 36.1 Å². The molecule has 3 heterocycles. The van der Waals surface area contributed by atoms with Crippen LogP contribution in [0.25, 0.3) is 10.6 Å². The summed E-state index contributed by atoms with van der Waals surface area (Å²) in [5.41, 5.74) is 1.31. The summed E-state index contributed by atoms with van der Waals surface area (Å²) in [4.78, 5) is 13.1. The topological polar surface area (TPSA) is 62.7 Å². The molecule has 3 rings (SSSR count). The largest absolute Gasteiger partial charge is 0.354 e. The summed E-state index contributed by atoms with van der Waals surface area (Å²) in [7, 11) is 0. The summed E-state index contributed by atoms with van der Waals surface area (Å²) in [6.45, 7) is 1.53. The van der Waals surface area contributed by atoms with E-state index in [4.69, 9.17) is 0 Å². The number of nitrogens with zero attached hydrogens (tertiary/aromatic N) is 2. The Kier molecular flexibility index (Phi) is 4.16. The third kappa shape index (κ3) is 3.41. The molecule has 0 radical (unpaired) electrons. The molecule has 2 N–H and O–H groups in total. The molecule has 5 nitrogen and oxygen atoms in total. The highest BCUT2D eigenvalue weighted by Crippen LogP contribution is 2.22. The number of hydrogen-bond acceptors (Lipinski definition) is 3. The number of nitrogens with one attached hydrogen (secondary N) is 2. The van der Waals surface area contributed by atoms with E-state index in [1.54, 1.807) is 17.4 Å². The Morgan fingerprint density at radius 3 is 2.95 bits per heavy atom. The van der Waals surface area contributed by atoms with Gasteiger partial charge in [0.15, 0.2) is 5.69 Å². The SMILES string of the molecule is O=C(NCCCn1cccc1)c1cc(-c2cccs2)[nH]n1. The van der Waals surface area contributed by atoms with E-state index in [1.807, 2.05) is 42.0 Å². The molecule has 0 aliphatic heterocycles. The molecule has 21 heavy (non-hydrogen) atoms. The molecule has 0 aromatic carbocycles. The predicted molar refractivity (Wildman–Crippen MR) is 83.3 cm³/mol. The Morgan fingerprint density at radius 2 is 2.19 bits per heavy atom. The van der Waals surface area contributed by atoms with Gasteiger partial charge >= 0.3 is 0 Å². The van der Waals surface area contributed by atoms with Crippen LogP contribution in [0.15, 0.2) is 48.1 Å². The summed E-state index contributed by atoms with van der Waals surface area (Å²) in [6.07, 6.45) is 4.92. The molecule has 3 aromatic rings. The van der Waals surface area contributed by atoms with Gasteiger partial charge in [0, 0.05) is 25.5 Å². The number of aryl methyl sites for hydroxylation is 1. The van der Waals surface area contributed by atoms with Crippen molar-refractivity contribution in [1.82, 2.24) is 20.1 Å². The van der Waals surface area contributed by atoms with Crippen molar-refractivity contribution in [3.8, 4) is 10.6 Å². The van der Waals surface area contributed by atoms with Crippen LogP contribution in [-0.4, -0.2) is 27.2 Å². The van der Waals surface area contributed by atoms with Crippen LogP contribution in [0.3, 0.4) is 0 Å². The minimum Gasteiger partial charge on any atom is -0.354 e. The first-order valence-electron chi connectivity index (χ1n) is 6.81. The zero-order valence-corrected chi connectivity index (χ0v) is 12.3.